The fourth-order valence-electron chi connectivity index (χ4n) is 6.71. The van der Waals surface area contributed by atoms with Gasteiger partial charge in [0.05, 0.1) is 42.1 Å². The SMILES string of the molecule is CCOC(=O)C1=C(c2ccccc2)NC(=O)N[C@@H]1CN(CC1=C(C(=O)OCC)[C@@H](c2ccccc2)NC(=O)N1)C1CCCCCCC1. The lowest BCUT2D eigenvalue weighted by Crippen LogP contribution is -2.56. The van der Waals surface area contributed by atoms with Crippen molar-refractivity contribution in [3.63, 3.8) is 0 Å². The van der Waals surface area contributed by atoms with Crippen LogP contribution in [0, 0.1) is 0 Å². The summed E-state index contributed by atoms with van der Waals surface area (Å²) in [6.45, 7) is 4.30. The molecule has 0 unspecified atom stereocenters. The van der Waals surface area contributed by atoms with Crippen LogP contribution in [0.15, 0.2) is 77.5 Å². The second-order valence-electron chi connectivity index (χ2n) is 12.0. The number of carbonyl (C=O) groups excluding carboxylic acids is 4. The minimum Gasteiger partial charge on any atom is -0.463 e. The zero-order valence-electron chi connectivity index (χ0n) is 27.2. The van der Waals surface area contributed by atoms with E-state index in [-0.39, 0.29) is 32.3 Å². The number of hydrogen-bond acceptors (Lipinski definition) is 7. The fourth-order valence-corrected chi connectivity index (χ4v) is 6.71. The minimum absolute atomic E-state index is 0.0728. The van der Waals surface area contributed by atoms with Crippen LogP contribution in [0.1, 0.15) is 76.0 Å². The Kier molecular flexibility index (Phi) is 11.7. The standard InChI is InChI=1S/C36H45N5O6/c1-3-46-33(42)29-27(37-35(44)39-31(29)24-16-10-8-11-17-24)22-41(26-20-14-6-5-7-15-21-26)23-28-30(34(43)47-4-2)32(40-36(45)38-28)25-18-12-9-13-19-25/h8-13,16-19,26-27,32H,3-7,14-15,20-23H2,1-2H3,(H2,37,39,44)(H2,38,40,45)/t27-,32-/m1/s1. The van der Waals surface area contributed by atoms with Crippen molar-refractivity contribution in [1.29, 1.82) is 0 Å². The Morgan fingerprint density at radius 2 is 1.32 bits per heavy atom. The lowest BCUT2D eigenvalue weighted by atomic mass is 9.92. The second kappa shape index (κ2) is 16.3. The maximum absolute atomic E-state index is 13.6. The monoisotopic (exact) mass is 643 g/mol. The Morgan fingerprint density at radius 1 is 0.745 bits per heavy atom. The molecule has 1 aliphatic carbocycles. The number of nitrogens with one attached hydrogen (secondary N) is 4. The van der Waals surface area contributed by atoms with Crippen molar-refractivity contribution in [2.45, 2.75) is 76.9 Å². The van der Waals surface area contributed by atoms with Gasteiger partial charge in [-0.25, -0.2) is 19.2 Å². The van der Waals surface area contributed by atoms with Crippen LogP contribution in [0.4, 0.5) is 9.59 Å². The summed E-state index contributed by atoms with van der Waals surface area (Å²) in [5.74, 6) is -1.04. The molecule has 3 aliphatic rings. The summed E-state index contributed by atoms with van der Waals surface area (Å²) in [6.07, 6.45) is 7.28. The molecule has 2 atom stereocenters. The van der Waals surface area contributed by atoms with E-state index in [9.17, 15) is 19.2 Å². The third-order valence-corrected chi connectivity index (χ3v) is 8.87. The van der Waals surface area contributed by atoms with Gasteiger partial charge in [-0.05, 0) is 37.8 Å². The molecule has 1 fully saturated rings. The highest BCUT2D eigenvalue weighted by molar-refractivity contribution is 6.04. The van der Waals surface area contributed by atoms with E-state index in [1.807, 2.05) is 60.7 Å². The van der Waals surface area contributed by atoms with Gasteiger partial charge in [0.2, 0.25) is 0 Å². The molecule has 2 heterocycles. The first-order valence-electron chi connectivity index (χ1n) is 16.7. The molecule has 0 saturated heterocycles. The predicted octanol–water partition coefficient (Wildman–Crippen LogP) is 4.93. The van der Waals surface area contributed by atoms with Gasteiger partial charge in [0.15, 0.2) is 0 Å². The molecule has 11 heteroatoms. The van der Waals surface area contributed by atoms with E-state index in [1.54, 1.807) is 13.8 Å². The molecule has 4 N–H and O–H groups in total. The normalized spacial score (nSPS) is 20.7. The number of esters is 2. The van der Waals surface area contributed by atoms with Gasteiger partial charge in [-0.3, -0.25) is 4.90 Å². The number of urea groups is 2. The Morgan fingerprint density at radius 3 is 1.96 bits per heavy atom. The van der Waals surface area contributed by atoms with Crippen molar-refractivity contribution in [2.75, 3.05) is 26.3 Å². The van der Waals surface area contributed by atoms with Crippen LogP contribution in [0.5, 0.6) is 0 Å². The number of hydrogen-bond donors (Lipinski definition) is 4. The summed E-state index contributed by atoms with van der Waals surface area (Å²) in [5.41, 5.74) is 2.94. The number of carbonyl (C=O) groups is 4. The topological polar surface area (TPSA) is 138 Å². The first kappa shape index (κ1) is 33.7. The molecule has 0 bridgehead atoms. The number of amides is 4. The summed E-state index contributed by atoms with van der Waals surface area (Å²) < 4.78 is 11.0. The summed E-state index contributed by atoms with van der Waals surface area (Å²) >= 11 is 0. The van der Waals surface area contributed by atoms with Crippen LogP contribution >= 0.6 is 0 Å². The fraction of sp³-hybridized carbons (Fsp3) is 0.444. The van der Waals surface area contributed by atoms with Crippen molar-refractivity contribution >= 4 is 29.7 Å². The van der Waals surface area contributed by atoms with Crippen LogP contribution in [-0.2, 0) is 19.1 Å². The van der Waals surface area contributed by atoms with Gasteiger partial charge in [-0.2, -0.15) is 0 Å². The van der Waals surface area contributed by atoms with Gasteiger partial charge in [0, 0.05) is 24.8 Å². The smallest absolute Gasteiger partial charge is 0.338 e. The van der Waals surface area contributed by atoms with E-state index in [0.29, 0.717) is 28.1 Å². The number of ether oxygens (including phenoxy) is 2. The molecule has 2 aromatic rings. The van der Waals surface area contributed by atoms with E-state index >= 15 is 0 Å². The summed E-state index contributed by atoms with van der Waals surface area (Å²) in [6, 6.07) is 16.4. The molecule has 4 amide bonds. The van der Waals surface area contributed by atoms with Crippen molar-refractivity contribution in [3.8, 4) is 0 Å². The molecular formula is C36H45N5O6. The Hall–Kier alpha value is -4.64. The zero-order chi connectivity index (χ0) is 33.2. The minimum atomic E-state index is -0.725. The second-order valence-corrected chi connectivity index (χ2v) is 12.0. The average molecular weight is 644 g/mol. The first-order chi connectivity index (χ1) is 22.9. The van der Waals surface area contributed by atoms with Gasteiger partial charge in [0.25, 0.3) is 0 Å². The van der Waals surface area contributed by atoms with Crippen molar-refractivity contribution < 1.29 is 28.7 Å². The zero-order valence-corrected chi connectivity index (χ0v) is 27.2. The molecule has 11 nitrogen and oxygen atoms in total. The highest BCUT2D eigenvalue weighted by atomic mass is 16.5. The maximum Gasteiger partial charge on any atom is 0.338 e. The molecule has 2 aromatic carbocycles. The average Bonchev–Trinajstić information content (AvgIpc) is 3.05. The van der Waals surface area contributed by atoms with Gasteiger partial charge in [-0.1, -0.05) is 92.8 Å². The molecule has 1 saturated carbocycles. The molecule has 47 heavy (non-hydrogen) atoms. The largest absolute Gasteiger partial charge is 0.463 e. The highest BCUT2D eigenvalue weighted by Crippen LogP contribution is 2.31. The molecular weight excluding hydrogens is 598 g/mol. The number of rotatable bonds is 11. The number of nitrogens with zero attached hydrogens (tertiary/aromatic N) is 1. The summed E-state index contributed by atoms with van der Waals surface area (Å²) in [7, 11) is 0. The van der Waals surface area contributed by atoms with Crippen molar-refractivity contribution in [3.05, 3.63) is 88.6 Å². The van der Waals surface area contributed by atoms with Crippen LogP contribution in [-0.4, -0.2) is 67.3 Å². The third-order valence-electron chi connectivity index (χ3n) is 8.87. The molecule has 5 rings (SSSR count). The maximum atomic E-state index is 13.6. The Labute approximate surface area is 276 Å². The molecule has 0 radical (unpaired) electrons. The highest BCUT2D eigenvalue weighted by Gasteiger charge is 2.38. The van der Waals surface area contributed by atoms with Gasteiger partial charge < -0.3 is 30.7 Å². The number of benzene rings is 2. The van der Waals surface area contributed by atoms with Crippen molar-refractivity contribution in [1.82, 2.24) is 26.2 Å². The van der Waals surface area contributed by atoms with E-state index in [0.717, 1.165) is 44.1 Å². The first-order valence-corrected chi connectivity index (χ1v) is 16.7. The van der Waals surface area contributed by atoms with Crippen LogP contribution in [0.3, 0.4) is 0 Å². The van der Waals surface area contributed by atoms with Gasteiger partial charge in [0.1, 0.15) is 0 Å². The summed E-state index contributed by atoms with van der Waals surface area (Å²) in [4.78, 5) is 55.6. The third kappa shape index (κ3) is 8.40. The van der Waals surface area contributed by atoms with Crippen molar-refractivity contribution in [2.24, 2.45) is 0 Å². The van der Waals surface area contributed by atoms with Crippen LogP contribution < -0.4 is 21.3 Å². The van der Waals surface area contributed by atoms with E-state index in [4.69, 9.17) is 9.47 Å². The van der Waals surface area contributed by atoms with Gasteiger partial charge in [-0.15, -0.1) is 0 Å². The molecule has 250 valence electrons. The lowest BCUT2D eigenvalue weighted by Gasteiger charge is -2.39. The predicted molar refractivity (Wildman–Crippen MR) is 178 cm³/mol. The van der Waals surface area contributed by atoms with E-state index < -0.39 is 36.1 Å². The van der Waals surface area contributed by atoms with Crippen LogP contribution in [0.2, 0.25) is 0 Å². The lowest BCUT2D eigenvalue weighted by molar-refractivity contribution is -0.139. The quantitative estimate of drug-likeness (QED) is 0.255. The van der Waals surface area contributed by atoms with Gasteiger partial charge >= 0.3 is 24.0 Å². The molecule has 2 aliphatic heterocycles. The Balaban J connectivity index is 1.59. The van der Waals surface area contributed by atoms with Crippen LogP contribution in [0.25, 0.3) is 5.70 Å². The van der Waals surface area contributed by atoms with E-state index in [2.05, 4.69) is 26.2 Å². The molecule has 0 spiro atoms. The summed E-state index contributed by atoms with van der Waals surface area (Å²) in [5, 5.41) is 11.7. The van der Waals surface area contributed by atoms with E-state index in [1.165, 1.54) is 6.42 Å². The Bertz CT molecular complexity index is 1480. The molecule has 0 aromatic heterocycles.